The van der Waals surface area contributed by atoms with Crippen LogP contribution >= 0.6 is 7.14 Å². The van der Waals surface area contributed by atoms with Crippen molar-refractivity contribution in [2.45, 2.75) is 39.5 Å². The number of hydrogen-bond acceptors (Lipinski definition) is 1. The van der Waals surface area contributed by atoms with Crippen molar-refractivity contribution in [3.05, 3.63) is 48.5 Å². The van der Waals surface area contributed by atoms with E-state index in [1.54, 1.807) is 0 Å². The van der Waals surface area contributed by atoms with Crippen molar-refractivity contribution in [1.82, 2.24) is 0 Å². The molecule has 0 saturated carbocycles. The van der Waals surface area contributed by atoms with Gasteiger partial charge in [0, 0.05) is 16.8 Å². The first kappa shape index (κ1) is 15.6. The molecule has 0 N–H and O–H groups in total. The molecule has 1 atom stereocenters. The van der Waals surface area contributed by atoms with Crippen molar-refractivity contribution >= 4 is 17.8 Å². The molecular formula is C20H23OP. The Hall–Kier alpha value is -1.33. The summed E-state index contributed by atoms with van der Waals surface area (Å²) in [6.07, 6.45) is 5.44. The molecule has 0 spiro atoms. The molecule has 22 heavy (non-hydrogen) atoms. The molecule has 0 aliphatic carbocycles. The van der Waals surface area contributed by atoms with E-state index in [-0.39, 0.29) is 0 Å². The SMILES string of the molecule is CCCC(CC)CCP1(=O)c2c[c]ccc2-c2cc[c]cc21. The third-order valence-corrected chi connectivity index (χ3v) is 8.06. The lowest BCUT2D eigenvalue weighted by Crippen LogP contribution is -2.15. The molecule has 0 amide bonds. The zero-order valence-corrected chi connectivity index (χ0v) is 14.3. The number of fused-ring (bicyclic) bond motifs is 3. The summed E-state index contributed by atoms with van der Waals surface area (Å²) in [5, 5.41) is 2.02. The lowest BCUT2D eigenvalue weighted by atomic mass is 9.98. The van der Waals surface area contributed by atoms with Crippen molar-refractivity contribution in [2.75, 3.05) is 6.16 Å². The van der Waals surface area contributed by atoms with Gasteiger partial charge < -0.3 is 4.57 Å². The summed E-state index contributed by atoms with van der Waals surface area (Å²) in [5.41, 5.74) is 2.27. The normalized spacial score (nSPS) is 16.1. The minimum absolute atomic E-state index is 0.684. The lowest BCUT2D eigenvalue weighted by molar-refractivity contribution is 0.450. The molecule has 114 valence electrons. The second-order valence-electron chi connectivity index (χ2n) is 6.20. The van der Waals surface area contributed by atoms with E-state index in [0.29, 0.717) is 5.92 Å². The van der Waals surface area contributed by atoms with Gasteiger partial charge in [-0.2, -0.15) is 0 Å². The first-order valence-electron chi connectivity index (χ1n) is 8.31. The van der Waals surface area contributed by atoms with Crippen LogP contribution in [0.25, 0.3) is 11.1 Å². The summed E-state index contributed by atoms with van der Waals surface area (Å²) in [7, 11) is -2.50. The van der Waals surface area contributed by atoms with Crippen LogP contribution < -0.4 is 10.6 Å². The molecule has 2 heteroatoms. The fourth-order valence-electron chi connectivity index (χ4n) is 3.59. The molecule has 1 heterocycles. The van der Waals surface area contributed by atoms with Crippen molar-refractivity contribution < 1.29 is 4.57 Å². The second-order valence-corrected chi connectivity index (χ2v) is 9.09. The summed E-state index contributed by atoms with van der Waals surface area (Å²) in [4.78, 5) is 0. The Morgan fingerprint density at radius 2 is 1.59 bits per heavy atom. The largest absolute Gasteiger partial charge is 0.314 e. The van der Waals surface area contributed by atoms with Crippen LogP contribution in [0.3, 0.4) is 0 Å². The average Bonchev–Trinajstić information content (AvgIpc) is 2.82. The van der Waals surface area contributed by atoms with Crippen LogP contribution in [0.1, 0.15) is 39.5 Å². The van der Waals surface area contributed by atoms with Crippen molar-refractivity contribution in [3.8, 4) is 11.1 Å². The maximum atomic E-state index is 13.8. The van der Waals surface area contributed by atoms with E-state index in [9.17, 15) is 4.57 Å². The summed E-state index contributed by atoms with van der Waals surface area (Å²) < 4.78 is 13.8. The molecule has 1 unspecified atom stereocenters. The minimum Gasteiger partial charge on any atom is -0.314 e. The highest BCUT2D eigenvalue weighted by Gasteiger charge is 2.37. The monoisotopic (exact) mass is 310 g/mol. The van der Waals surface area contributed by atoms with Gasteiger partial charge in [-0.05, 0) is 47.7 Å². The Morgan fingerprint density at radius 1 is 1.00 bits per heavy atom. The Bertz CT molecular complexity index is 655. The third-order valence-electron chi connectivity index (χ3n) is 4.88. The predicted octanol–water partition coefficient (Wildman–Crippen LogP) is 4.80. The van der Waals surface area contributed by atoms with Gasteiger partial charge in [0.25, 0.3) is 0 Å². The van der Waals surface area contributed by atoms with E-state index < -0.39 is 7.14 Å². The maximum absolute atomic E-state index is 13.8. The van der Waals surface area contributed by atoms with Gasteiger partial charge in [-0.25, -0.2) is 0 Å². The highest BCUT2D eigenvalue weighted by atomic mass is 31.2. The quantitative estimate of drug-likeness (QED) is 0.701. The minimum atomic E-state index is -2.50. The van der Waals surface area contributed by atoms with E-state index in [4.69, 9.17) is 0 Å². The molecular weight excluding hydrogens is 287 g/mol. The standard InChI is InChI=1S/C20H23OP/c1-3-9-16(4-2)14-15-22(21)19-12-7-5-10-17(19)18-11-6-8-13-20(18)22/h5-6,10-13,16H,3-4,9,14-15H2,1-2H3. The highest BCUT2D eigenvalue weighted by Crippen LogP contribution is 2.53. The van der Waals surface area contributed by atoms with E-state index >= 15 is 0 Å². The highest BCUT2D eigenvalue weighted by molar-refractivity contribution is 7.80. The zero-order chi connectivity index (χ0) is 15.6. The van der Waals surface area contributed by atoms with Crippen LogP contribution in [0.5, 0.6) is 0 Å². The molecule has 0 aromatic heterocycles. The van der Waals surface area contributed by atoms with E-state index in [1.165, 1.54) is 19.3 Å². The van der Waals surface area contributed by atoms with Gasteiger partial charge in [-0.15, -0.1) is 0 Å². The second kappa shape index (κ2) is 6.42. The molecule has 0 saturated heterocycles. The first-order valence-corrected chi connectivity index (χ1v) is 10.2. The van der Waals surface area contributed by atoms with Crippen LogP contribution in [-0.4, -0.2) is 6.16 Å². The van der Waals surface area contributed by atoms with Crippen LogP contribution in [0, 0.1) is 18.1 Å². The molecule has 0 fully saturated rings. The molecule has 1 nitrogen and oxygen atoms in total. The summed E-state index contributed by atoms with van der Waals surface area (Å²) in [5.74, 6) is 0.684. The number of hydrogen-bond donors (Lipinski definition) is 0. The van der Waals surface area contributed by atoms with Crippen molar-refractivity contribution in [1.29, 1.82) is 0 Å². The van der Waals surface area contributed by atoms with Crippen LogP contribution in [-0.2, 0) is 4.57 Å². The number of benzene rings is 2. The van der Waals surface area contributed by atoms with Gasteiger partial charge in [-0.1, -0.05) is 57.4 Å². The third kappa shape index (κ3) is 2.57. The molecule has 3 rings (SSSR count). The summed E-state index contributed by atoms with van der Waals surface area (Å²) >= 11 is 0. The predicted molar refractivity (Wildman–Crippen MR) is 94.6 cm³/mol. The molecule has 0 bridgehead atoms. The Labute approximate surface area is 134 Å². The van der Waals surface area contributed by atoms with Crippen LogP contribution in [0.2, 0.25) is 0 Å². The molecule has 1 aliphatic heterocycles. The first-order chi connectivity index (χ1) is 10.7. The average molecular weight is 310 g/mol. The zero-order valence-electron chi connectivity index (χ0n) is 13.4. The summed E-state index contributed by atoms with van der Waals surface area (Å²) in [6, 6.07) is 18.1. The molecule has 2 radical (unpaired) electrons. The Kier molecular flexibility index (Phi) is 4.54. The Morgan fingerprint density at radius 3 is 2.09 bits per heavy atom. The van der Waals surface area contributed by atoms with Gasteiger partial charge in [0.2, 0.25) is 0 Å². The van der Waals surface area contributed by atoms with Crippen LogP contribution in [0.15, 0.2) is 36.4 Å². The van der Waals surface area contributed by atoms with Gasteiger partial charge in [0.1, 0.15) is 7.14 Å². The fourth-order valence-corrected chi connectivity index (χ4v) is 6.80. The van der Waals surface area contributed by atoms with Crippen LogP contribution in [0.4, 0.5) is 0 Å². The molecule has 2 aromatic carbocycles. The van der Waals surface area contributed by atoms with Gasteiger partial charge in [0.05, 0.1) is 0 Å². The van der Waals surface area contributed by atoms with Gasteiger partial charge >= 0.3 is 0 Å². The maximum Gasteiger partial charge on any atom is 0.144 e. The Balaban J connectivity index is 1.97. The molecule has 2 aromatic rings. The van der Waals surface area contributed by atoms with E-state index in [0.717, 1.165) is 34.3 Å². The summed E-state index contributed by atoms with van der Waals surface area (Å²) in [6.45, 7) is 4.48. The smallest absolute Gasteiger partial charge is 0.144 e. The lowest BCUT2D eigenvalue weighted by Gasteiger charge is -2.19. The van der Waals surface area contributed by atoms with Crippen molar-refractivity contribution in [2.24, 2.45) is 5.92 Å². The van der Waals surface area contributed by atoms with Gasteiger partial charge in [0.15, 0.2) is 0 Å². The van der Waals surface area contributed by atoms with E-state index in [2.05, 4.69) is 38.1 Å². The fraction of sp³-hybridized carbons (Fsp3) is 0.400. The molecule has 1 aliphatic rings. The number of rotatable bonds is 6. The van der Waals surface area contributed by atoms with E-state index in [1.807, 2.05) is 24.3 Å². The van der Waals surface area contributed by atoms with Gasteiger partial charge in [-0.3, -0.25) is 0 Å². The van der Waals surface area contributed by atoms with Crippen molar-refractivity contribution in [3.63, 3.8) is 0 Å². The topological polar surface area (TPSA) is 17.1 Å².